The van der Waals surface area contributed by atoms with Crippen molar-refractivity contribution in [2.75, 3.05) is 6.61 Å². The number of hydrogen-bond donors (Lipinski definition) is 0. The van der Waals surface area contributed by atoms with Crippen LogP contribution >= 0.6 is 11.3 Å². The van der Waals surface area contributed by atoms with Crippen molar-refractivity contribution in [2.24, 2.45) is 0 Å². The maximum atomic E-state index is 14.3. The van der Waals surface area contributed by atoms with Gasteiger partial charge in [-0.05, 0) is 44.9 Å². The van der Waals surface area contributed by atoms with E-state index >= 15 is 0 Å². The predicted octanol–water partition coefficient (Wildman–Crippen LogP) is 4.05. The third-order valence-electron chi connectivity index (χ3n) is 4.67. The Labute approximate surface area is 166 Å². The summed E-state index contributed by atoms with van der Waals surface area (Å²) >= 11 is 1.44. The molecule has 0 aliphatic carbocycles. The summed E-state index contributed by atoms with van der Waals surface area (Å²) < 4.78 is 20.8. The Balaban J connectivity index is 2.26. The van der Waals surface area contributed by atoms with Crippen molar-refractivity contribution in [1.29, 1.82) is 0 Å². The third kappa shape index (κ3) is 3.58. The predicted molar refractivity (Wildman–Crippen MR) is 108 cm³/mol. The molecular weight excluding hydrogens is 379 g/mol. The molecule has 0 fully saturated rings. The van der Waals surface area contributed by atoms with Crippen molar-refractivity contribution in [2.45, 2.75) is 46.1 Å². The van der Waals surface area contributed by atoms with Gasteiger partial charge in [-0.3, -0.25) is 9.36 Å². The number of ether oxygens (including phenoxy) is 1. The number of esters is 1. The van der Waals surface area contributed by atoms with E-state index < -0.39 is 11.5 Å². The van der Waals surface area contributed by atoms with Gasteiger partial charge in [-0.1, -0.05) is 25.1 Å². The van der Waals surface area contributed by atoms with Gasteiger partial charge in [0, 0.05) is 11.3 Å². The highest BCUT2D eigenvalue weighted by Gasteiger charge is 2.35. The number of carbonyl (C=O) groups is 1. The van der Waals surface area contributed by atoms with Gasteiger partial charge < -0.3 is 4.74 Å². The van der Waals surface area contributed by atoms with E-state index in [-0.39, 0.29) is 24.4 Å². The first-order valence-corrected chi connectivity index (χ1v) is 10.1. The maximum absolute atomic E-state index is 14.3. The fraction of sp³-hybridized carbons (Fsp3) is 0.381. The summed E-state index contributed by atoms with van der Waals surface area (Å²) in [6.07, 6.45) is 0.879. The largest absolute Gasteiger partial charge is 0.464 e. The lowest BCUT2D eigenvalue weighted by molar-refractivity contribution is -0.152. The molecule has 0 unspecified atom stereocenters. The summed E-state index contributed by atoms with van der Waals surface area (Å²) in [6, 6.07) is 8.18. The molecule has 2 heterocycles. The van der Waals surface area contributed by atoms with Crippen LogP contribution in [0.2, 0.25) is 0 Å². The van der Waals surface area contributed by atoms with Crippen LogP contribution in [0, 0.1) is 5.82 Å². The van der Waals surface area contributed by atoms with E-state index in [9.17, 15) is 14.0 Å². The van der Waals surface area contributed by atoms with Gasteiger partial charge in [0.05, 0.1) is 12.0 Å². The van der Waals surface area contributed by atoms with Crippen LogP contribution in [0.25, 0.3) is 10.2 Å². The topological polar surface area (TPSA) is 61.2 Å². The molecule has 1 aromatic carbocycles. The molecule has 148 valence electrons. The van der Waals surface area contributed by atoms with Gasteiger partial charge in [-0.2, -0.15) is 0 Å². The van der Waals surface area contributed by atoms with Gasteiger partial charge in [0.15, 0.2) is 0 Å². The molecule has 0 radical (unpaired) electrons. The second-order valence-corrected chi connectivity index (χ2v) is 8.12. The lowest BCUT2D eigenvalue weighted by Gasteiger charge is -2.27. The van der Waals surface area contributed by atoms with Crippen LogP contribution < -0.4 is 5.56 Å². The third-order valence-corrected chi connectivity index (χ3v) is 5.85. The average Bonchev–Trinajstić information content (AvgIpc) is 3.07. The number of thiophene rings is 1. The van der Waals surface area contributed by atoms with Gasteiger partial charge in [-0.15, -0.1) is 11.3 Å². The zero-order valence-corrected chi connectivity index (χ0v) is 17.2. The molecule has 0 bridgehead atoms. The SMILES string of the molecule is CCOC(=O)C(C)(C)n1c(Cc2ccccc2F)nc2sc(CC)cc2c1=O. The zero-order chi connectivity index (χ0) is 20.5. The van der Waals surface area contributed by atoms with Gasteiger partial charge in [0.2, 0.25) is 0 Å². The summed E-state index contributed by atoms with van der Waals surface area (Å²) in [5, 5.41) is 0.469. The van der Waals surface area contributed by atoms with Gasteiger partial charge in [0.1, 0.15) is 22.0 Å². The molecule has 5 nitrogen and oxygen atoms in total. The summed E-state index contributed by atoms with van der Waals surface area (Å²) in [5.41, 5.74) is -1.18. The number of nitrogens with zero attached hydrogens (tertiary/aromatic N) is 2. The van der Waals surface area contributed by atoms with Crippen LogP contribution in [-0.4, -0.2) is 22.1 Å². The van der Waals surface area contributed by atoms with E-state index in [2.05, 4.69) is 4.98 Å². The van der Waals surface area contributed by atoms with Crippen molar-refractivity contribution in [3.05, 3.63) is 62.8 Å². The molecule has 3 aromatic rings. The van der Waals surface area contributed by atoms with E-state index in [0.717, 1.165) is 11.3 Å². The van der Waals surface area contributed by atoms with E-state index in [1.165, 1.54) is 22.0 Å². The van der Waals surface area contributed by atoms with Crippen LogP contribution in [0.4, 0.5) is 4.39 Å². The standard InChI is InChI=1S/C21H23FN2O3S/c1-5-14-12-15-18(28-14)23-17(11-13-9-7-8-10-16(13)22)24(19(15)25)21(3,4)20(26)27-6-2/h7-10,12H,5-6,11H2,1-4H3. The highest BCUT2D eigenvalue weighted by molar-refractivity contribution is 7.18. The fourth-order valence-corrected chi connectivity index (χ4v) is 4.13. The Morgan fingerprint density at radius 3 is 2.64 bits per heavy atom. The van der Waals surface area contributed by atoms with E-state index in [1.54, 1.807) is 39.0 Å². The molecule has 0 saturated heterocycles. The number of halogens is 1. The van der Waals surface area contributed by atoms with Crippen LogP contribution in [0.15, 0.2) is 35.1 Å². The molecule has 0 aliphatic rings. The van der Waals surface area contributed by atoms with Gasteiger partial charge >= 0.3 is 5.97 Å². The van der Waals surface area contributed by atoms with Gasteiger partial charge in [0.25, 0.3) is 5.56 Å². The highest BCUT2D eigenvalue weighted by atomic mass is 32.1. The minimum atomic E-state index is -1.27. The minimum absolute atomic E-state index is 0.0973. The maximum Gasteiger partial charge on any atom is 0.331 e. The number of carbonyl (C=O) groups excluding carboxylic acids is 1. The molecule has 0 spiro atoms. The second-order valence-electron chi connectivity index (χ2n) is 7.00. The number of hydrogen-bond acceptors (Lipinski definition) is 5. The first-order valence-electron chi connectivity index (χ1n) is 9.25. The van der Waals surface area contributed by atoms with Crippen molar-refractivity contribution >= 4 is 27.5 Å². The first kappa shape index (κ1) is 20.2. The Kier molecular flexibility index (Phi) is 5.65. The average molecular weight is 402 g/mol. The smallest absolute Gasteiger partial charge is 0.331 e. The van der Waals surface area contributed by atoms with E-state index in [0.29, 0.717) is 21.6 Å². The molecule has 2 aromatic heterocycles. The Morgan fingerprint density at radius 2 is 2.00 bits per heavy atom. The number of aryl methyl sites for hydroxylation is 1. The molecular formula is C21H23FN2O3S. The quantitative estimate of drug-likeness (QED) is 0.584. The monoisotopic (exact) mass is 402 g/mol. The Morgan fingerprint density at radius 1 is 1.29 bits per heavy atom. The molecule has 0 atom stereocenters. The van der Waals surface area contributed by atoms with E-state index in [1.807, 2.05) is 13.0 Å². The number of benzene rings is 1. The molecule has 0 aliphatic heterocycles. The molecule has 0 amide bonds. The summed E-state index contributed by atoms with van der Waals surface area (Å²) in [6.45, 7) is 7.17. The number of rotatable bonds is 6. The van der Waals surface area contributed by atoms with Crippen molar-refractivity contribution < 1.29 is 13.9 Å². The Hall–Kier alpha value is -2.54. The molecule has 0 N–H and O–H groups in total. The molecule has 0 saturated carbocycles. The Bertz CT molecular complexity index is 1080. The fourth-order valence-electron chi connectivity index (χ4n) is 3.15. The molecule has 7 heteroatoms. The van der Waals surface area contributed by atoms with Crippen LogP contribution in [0.3, 0.4) is 0 Å². The van der Waals surface area contributed by atoms with Crippen LogP contribution in [0.5, 0.6) is 0 Å². The molecule has 3 rings (SSSR count). The first-order chi connectivity index (χ1) is 13.3. The van der Waals surface area contributed by atoms with Crippen molar-refractivity contribution in [3.63, 3.8) is 0 Å². The number of aromatic nitrogens is 2. The minimum Gasteiger partial charge on any atom is -0.464 e. The van der Waals surface area contributed by atoms with Crippen LogP contribution in [0.1, 0.15) is 44.0 Å². The van der Waals surface area contributed by atoms with Gasteiger partial charge in [-0.25, -0.2) is 14.2 Å². The number of fused-ring (bicyclic) bond motifs is 1. The van der Waals surface area contributed by atoms with Crippen LogP contribution in [-0.2, 0) is 27.9 Å². The second kappa shape index (κ2) is 7.83. The highest BCUT2D eigenvalue weighted by Crippen LogP contribution is 2.26. The van der Waals surface area contributed by atoms with Crippen molar-refractivity contribution in [1.82, 2.24) is 9.55 Å². The molecule has 28 heavy (non-hydrogen) atoms. The lowest BCUT2D eigenvalue weighted by atomic mass is 10.0. The normalized spacial score (nSPS) is 11.8. The summed E-state index contributed by atoms with van der Waals surface area (Å²) in [4.78, 5) is 32.2. The zero-order valence-electron chi connectivity index (χ0n) is 16.4. The van der Waals surface area contributed by atoms with E-state index in [4.69, 9.17) is 4.74 Å². The van der Waals surface area contributed by atoms with Crippen molar-refractivity contribution in [3.8, 4) is 0 Å². The summed E-state index contributed by atoms with van der Waals surface area (Å²) in [5.74, 6) is -0.568. The lowest BCUT2D eigenvalue weighted by Crippen LogP contribution is -2.46. The summed E-state index contributed by atoms with van der Waals surface area (Å²) in [7, 11) is 0.